The van der Waals surface area contributed by atoms with Gasteiger partial charge in [0.1, 0.15) is 44.4 Å². The van der Waals surface area contributed by atoms with E-state index in [1.54, 1.807) is 34.9 Å². The maximum atomic E-state index is 6.56. The third-order valence-corrected chi connectivity index (χ3v) is 17.7. The zero-order valence-electron chi connectivity index (χ0n) is 30.3. The molecule has 0 spiro atoms. The molecular weight excluding hydrogens is 761 g/mol. The van der Waals surface area contributed by atoms with E-state index in [0.29, 0.717) is 77.2 Å². The summed E-state index contributed by atoms with van der Waals surface area (Å²) in [5.74, 6) is 5.12. The Morgan fingerprint density at radius 2 is 1.31 bits per heavy atom. The zero-order valence-corrected chi connectivity index (χ0v) is 34.4. The highest BCUT2D eigenvalue weighted by Crippen LogP contribution is 2.59. The molecule has 4 atom stereocenters. The molecule has 0 aliphatic carbocycles. The van der Waals surface area contributed by atoms with Crippen molar-refractivity contribution in [2.24, 2.45) is 11.3 Å². The normalized spacial score (nSPS) is 34.6. The predicted octanol–water partition coefficient (Wildman–Crippen LogP) is 6.73. The summed E-state index contributed by atoms with van der Waals surface area (Å²) < 4.78 is 59.7. The SMILES string of the molecule is CC(C)C1S/C(=c2/s/c(=C3\COCCOC/C(=C4\S/C(=C5/SC(C(C)(C)C)C6=C5OCCO6)C5OCCOC45)S3)c3c2OCCO3)C2=C1OCCC2. The summed E-state index contributed by atoms with van der Waals surface area (Å²) in [4.78, 5) is 6.88. The molecular formula is C38H46O9S5. The Balaban J connectivity index is 1.17. The van der Waals surface area contributed by atoms with Crippen LogP contribution in [0.15, 0.2) is 42.5 Å². The highest BCUT2D eigenvalue weighted by Gasteiger charge is 2.50. The van der Waals surface area contributed by atoms with E-state index in [0.717, 1.165) is 81.8 Å². The van der Waals surface area contributed by atoms with Gasteiger partial charge in [0, 0.05) is 30.1 Å². The van der Waals surface area contributed by atoms with Crippen LogP contribution >= 0.6 is 58.4 Å². The molecule has 0 radical (unpaired) electrons. The van der Waals surface area contributed by atoms with Crippen molar-refractivity contribution in [1.82, 2.24) is 0 Å². The smallest absolute Gasteiger partial charge is 0.181 e. The van der Waals surface area contributed by atoms with E-state index in [1.165, 1.54) is 10.5 Å². The second-order valence-electron chi connectivity index (χ2n) is 15.1. The average Bonchev–Trinajstić information content (AvgIpc) is 3.92. The van der Waals surface area contributed by atoms with Gasteiger partial charge in [0.2, 0.25) is 0 Å². The largest absolute Gasteiger partial charge is 0.496 e. The molecule has 3 saturated heterocycles. The van der Waals surface area contributed by atoms with E-state index in [4.69, 9.17) is 42.6 Å². The lowest BCUT2D eigenvalue weighted by molar-refractivity contribution is -0.101. The van der Waals surface area contributed by atoms with Crippen LogP contribution in [-0.4, -0.2) is 95.4 Å². The molecule has 0 aromatic carbocycles. The minimum Gasteiger partial charge on any atom is -0.496 e. The van der Waals surface area contributed by atoms with Crippen molar-refractivity contribution in [2.45, 2.75) is 70.2 Å². The first-order valence-corrected chi connectivity index (χ1v) is 22.6. The molecule has 8 aliphatic heterocycles. The van der Waals surface area contributed by atoms with Crippen LogP contribution in [0.3, 0.4) is 0 Å². The highest BCUT2D eigenvalue weighted by molar-refractivity contribution is 8.14. The number of thiophene rings is 1. The number of ether oxygens (including phenoxy) is 9. The van der Waals surface area contributed by atoms with Gasteiger partial charge in [-0.3, -0.25) is 0 Å². The van der Waals surface area contributed by atoms with Crippen molar-refractivity contribution in [3.05, 3.63) is 51.5 Å². The molecule has 4 unspecified atom stereocenters. The van der Waals surface area contributed by atoms with E-state index < -0.39 is 0 Å². The molecule has 282 valence electrons. The van der Waals surface area contributed by atoms with Crippen molar-refractivity contribution in [3.8, 4) is 11.5 Å². The summed E-state index contributed by atoms with van der Waals surface area (Å²) in [5, 5.41) is 0.465. The fourth-order valence-electron chi connectivity index (χ4n) is 7.52. The van der Waals surface area contributed by atoms with Crippen molar-refractivity contribution in [1.29, 1.82) is 0 Å². The summed E-state index contributed by atoms with van der Waals surface area (Å²) >= 11 is 9.02. The topological polar surface area (TPSA) is 83.1 Å². The molecule has 9 nitrogen and oxygen atoms in total. The molecule has 0 N–H and O–H groups in total. The van der Waals surface area contributed by atoms with E-state index in [2.05, 4.69) is 34.6 Å². The first-order chi connectivity index (χ1) is 25.3. The standard InChI is InChI=1S/C38H46O9S5/c1-19(2)30-23-20(7-6-8-41-23)31(49-30)34-26-24(42-11-13-44-26)32(50-34)21-17-39-9-10-40-18-22(48-21)33-25-27(45-14-12-43-25)35(51-33)36-28-29(47-16-15-46-28)37(52-36)38(3,4)5/h19,25,27,30,37H,6-18H2,1-5H3/b32-21+,33-22+,34-31+,36-35+. The number of thioether (sulfide) groups is 4. The first-order valence-electron chi connectivity index (χ1n) is 18.3. The number of hydrogen-bond acceptors (Lipinski definition) is 14. The molecule has 0 amide bonds. The molecule has 52 heavy (non-hydrogen) atoms. The van der Waals surface area contributed by atoms with E-state index in [9.17, 15) is 0 Å². The van der Waals surface area contributed by atoms with Crippen molar-refractivity contribution in [2.75, 3.05) is 72.7 Å². The van der Waals surface area contributed by atoms with Crippen LogP contribution in [0.1, 0.15) is 47.5 Å². The molecule has 0 bridgehead atoms. The molecule has 8 aliphatic rings. The van der Waals surface area contributed by atoms with Gasteiger partial charge < -0.3 is 42.6 Å². The Labute approximate surface area is 326 Å². The minimum atomic E-state index is -0.236. The summed E-state index contributed by atoms with van der Waals surface area (Å²) in [6.07, 6.45) is 1.59. The Hall–Kier alpha value is -1.36. The quantitative estimate of drug-likeness (QED) is 0.302. The van der Waals surface area contributed by atoms with Gasteiger partial charge >= 0.3 is 0 Å². The minimum absolute atomic E-state index is 0.00885. The molecule has 1 aromatic heterocycles. The van der Waals surface area contributed by atoms with Gasteiger partial charge in [0.25, 0.3) is 0 Å². The monoisotopic (exact) mass is 806 g/mol. The zero-order chi connectivity index (χ0) is 35.6. The summed E-state index contributed by atoms with van der Waals surface area (Å²) in [5.41, 5.74) is 1.33. The van der Waals surface area contributed by atoms with Crippen LogP contribution in [0.5, 0.6) is 11.5 Å². The third kappa shape index (κ3) is 6.57. The number of hydrogen-bond donors (Lipinski definition) is 0. The lowest BCUT2D eigenvalue weighted by Gasteiger charge is -2.29. The average molecular weight is 807 g/mol. The molecule has 1 aromatic rings. The highest BCUT2D eigenvalue weighted by atomic mass is 32.2. The summed E-state index contributed by atoms with van der Waals surface area (Å²) in [7, 11) is 0. The Morgan fingerprint density at radius 3 is 2.06 bits per heavy atom. The Bertz CT molecular complexity index is 1870. The maximum absolute atomic E-state index is 6.56. The maximum Gasteiger partial charge on any atom is 0.181 e. The van der Waals surface area contributed by atoms with Crippen LogP contribution in [0, 0.1) is 11.3 Å². The molecule has 9 heterocycles. The van der Waals surface area contributed by atoms with E-state index in [1.807, 2.05) is 23.5 Å². The summed E-state index contributed by atoms with van der Waals surface area (Å²) in [6.45, 7) is 17.3. The van der Waals surface area contributed by atoms with Crippen molar-refractivity contribution < 1.29 is 42.6 Å². The van der Waals surface area contributed by atoms with Gasteiger partial charge in [-0.15, -0.1) is 34.9 Å². The molecule has 14 heteroatoms. The number of rotatable bonds is 1. The fraction of sp³-hybridized carbons (Fsp3) is 0.632. The van der Waals surface area contributed by atoms with Crippen LogP contribution in [0.2, 0.25) is 0 Å². The third-order valence-electron chi connectivity index (χ3n) is 9.92. The van der Waals surface area contributed by atoms with Gasteiger partial charge in [-0.2, -0.15) is 0 Å². The van der Waals surface area contributed by atoms with Crippen LogP contribution < -0.4 is 18.5 Å². The fourth-order valence-corrected chi connectivity index (χ4v) is 14.6. The predicted molar refractivity (Wildman–Crippen MR) is 210 cm³/mol. The van der Waals surface area contributed by atoms with Gasteiger partial charge in [-0.1, -0.05) is 58.1 Å². The first kappa shape index (κ1) is 36.3. The van der Waals surface area contributed by atoms with Gasteiger partial charge in [-0.25, -0.2) is 0 Å². The van der Waals surface area contributed by atoms with Gasteiger partial charge in [-0.05, 0) is 24.2 Å². The van der Waals surface area contributed by atoms with Gasteiger partial charge in [0.05, 0.1) is 70.7 Å². The Kier molecular flexibility index (Phi) is 10.4. The van der Waals surface area contributed by atoms with Crippen molar-refractivity contribution in [3.63, 3.8) is 0 Å². The van der Waals surface area contributed by atoms with Crippen LogP contribution in [0.4, 0.5) is 0 Å². The van der Waals surface area contributed by atoms with Crippen LogP contribution in [0.25, 0.3) is 9.81 Å². The van der Waals surface area contributed by atoms with E-state index in [-0.39, 0.29) is 22.9 Å². The molecule has 9 rings (SSSR count). The van der Waals surface area contributed by atoms with E-state index >= 15 is 0 Å². The lowest BCUT2D eigenvalue weighted by atomic mass is 9.90. The Morgan fingerprint density at radius 1 is 0.635 bits per heavy atom. The van der Waals surface area contributed by atoms with Crippen LogP contribution in [-0.2, 0) is 33.2 Å². The number of fused-ring (bicyclic) bond motifs is 2. The summed E-state index contributed by atoms with van der Waals surface area (Å²) in [6, 6.07) is 0. The molecule has 3 fully saturated rings. The molecule has 0 saturated carbocycles. The second-order valence-corrected chi connectivity index (χ2v) is 20.6. The second kappa shape index (κ2) is 14.9. The van der Waals surface area contributed by atoms with Crippen molar-refractivity contribution >= 4 is 68.2 Å². The lowest BCUT2D eigenvalue weighted by Crippen LogP contribution is -2.36. The van der Waals surface area contributed by atoms with Gasteiger partial charge in [0.15, 0.2) is 23.0 Å².